The molecule has 0 heterocycles. The number of aromatic hydroxyl groups is 1. The number of hydrogen-bond donors (Lipinski definition) is 2. The zero-order chi connectivity index (χ0) is 9.68. The van der Waals surface area contributed by atoms with E-state index in [2.05, 4.69) is 5.32 Å². The third-order valence-electron chi connectivity index (χ3n) is 1.50. The van der Waals surface area contributed by atoms with Crippen LogP contribution in [0.1, 0.15) is 5.56 Å². The quantitative estimate of drug-likeness (QED) is 0.651. The van der Waals surface area contributed by atoms with Crippen LogP contribution in [0.4, 0.5) is 0 Å². The minimum absolute atomic E-state index is 0.0873. The first-order chi connectivity index (χ1) is 6.27. The first-order valence-corrected chi connectivity index (χ1v) is 4.43. The summed E-state index contributed by atoms with van der Waals surface area (Å²) in [6, 6.07) is 4.90. The third kappa shape index (κ3) is 2.76. The summed E-state index contributed by atoms with van der Waals surface area (Å²) < 4.78 is 4.87. The summed E-state index contributed by atoms with van der Waals surface area (Å²) in [5.74, 6) is 0.482. The highest BCUT2D eigenvalue weighted by Gasteiger charge is 2.02. The van der Waals surface area contributed by atoms with E-state index in [1.54, 1.807) is 35.1 Å². The molecule has 0 spiro atoms. The molecule has 0 aliphatic rings. The number of halogens is 1. The van der Waals surface area contributed by atoms with E-state index in [9.17, 15) is 9.90 Å². The van der Waals surface area contributed by atoms with Crippen LogP contribution in [0.15, 0.2) is 18.2 Å². The first kappa shape index (κ1) is 10.1. The lowest BCUT2D eigenvalue weighted by Gasteiger charge is -2.04. The summed E-state index contributed by atoms with van der Waals surface area (Å²) in [6.07, 6.45) is 0.622. The fraction of sp³-hybridized carbons (Fsp3) is 0.125. The molecular formula is C8H8INO3. The second kappa shape index (κ2) is 4.90. The van der Waals surface area contributed by atoms with Gasteiger partial charge in [0.15, 0.2) is 34.5 Å². The van der Waals surface area contributed by atoms with Crippen molar-refractivity contribution < 1.29 is 13.0 Å². The highest BCUT2D eigenvalue weighted by atomic mass is 127. The molecule has 0 bridgehead atoms. The van der Waals surface area contributed by atoms with Crippen LogP contribution >= 0.6 is 23.0 Å². The van der Waals surface area contributed by atoms with Gasteiger partial charge >= 0.3 is 0 Å². The Hall–Kier alpha value is -0.980. The van der Waals surface area contributed by atoms with Gasteiger partial charge in [0.1, 0.15) is 0 Å². The molecule has 5 heteroatoms. The molecule has 0 aliphatic carbocycles. The van der Waals surface area contributed by atoms with E-state index in [1.807, 2.05) is 0 Å². The zero-order valence-corrected chi connectivity index (χ0v) is 8.82. The highest BCUT2D eigenvalue weighted by Crippen LogP contribution is 2.28. The van der Waals surface area contributed by atoms with E-state index in [0.29, 0.717) is 18.7 Å². The minimum Gasteiger partial charge on any atom is -0.504 e. The standard InChI is InChI=1S/C8H8INO3/c9-13-8-3-6(4-10-5-11)1-2-7(8)12/h1-3,5,12H,4H2,(H,10,11). The van der Waals surface area contributed by atoms with E-state index in [-0.39, 0.29) is 5.75 Å². The summed E-state index contributed by atoms with van der Waals surface area (Å²) in [7, 11) is 0. The predicted octanol–water partition coefficient (Wildman–Crippen LogP) is 1.37. The zero-order valence-electron chi connectivity index (χ0n) is 6.66. The average Bonchev–Trinajstić information content (AvgIpc) is 2.16. The van der Waals surface area contributed by atoms with Crippen molar-refractivity contribution in [3.05, 3.63) is 23.8 Å². The second-order valence-corrected chi connectivity index (χ2v) is 2.82. The van der Waals surface area contributed by atoms with Gasteiger partial charge in [0, 0.05) is 6.54 Å². The van der Waals surface area contributed by atoms with E-state index in [4.69, 9.17) is 3.07 Å². The number of phenolic OH excluding ortho intramolecular Hbond substituents is 1. The fourth-order valence-electron chi connectivity index (χ4n) is 0.890. The summed E-state index contributed by atoms with van der Waals surface area (Å²) in [5, 5.41) is 11.8. The van der Waals surface area contributed by atoms with Gasteiger partial charge in [0.25, 0.3) is 0 Å². The van der Waals surface area contributed by atoms with Gasteiger partial charge in [-0.1, -0.05) is 6.07 Å². The van der Waals surface area contributed by atoms with Gasteiger partial charge in [0.05, 0.1) is 0 Å². The molecule has 2 N–H and O–H groups in total. The number of nitrogens with one attached hydrogen (secondary N) is 1. The Morgan fingerprint density at radius 3 is 3.00 bits per heavy atom. The van der Waals surface area contributed by atoms with Crippen LogP contribution in [-0.4, -0.2) is 11.5 Å². The summed E-state index contributed by atoms with van der Waals surface area (Å²) in [4.78, 5) is 10.0. The molecule has 1 aromatic rings. The van der Waals surface area contributed by atoms with Crippen molar-refractivity contribution in [2.45, 2.75) is 6.54 Å². The number of carbonyl (C=O) groups excluding carboxylic acids is 1. The molecule has 4 nitrogen and oxygen atoms in total. The number of hydrogen-bond acceptors (Lipinski definition) is 3. The van der Waals surface area contributed by atoms with Crippen LogP contribution in [0.5, 0.6) is 11.5 Å². The van der Waals surface area contributed by atoms with Crippen LogP contribution in [0.3, 0.4) is 0 Å². The smallest absolute Gasteiger partial charge is 0.207 e. The van der Waals surface area contributed by atoms with Gasteiger partial charge in [-0.15, -0.1) is 0 Å². The number of amides is 1. The van der Waals surface area contributed by atoms with Crippen molar-refractivity contribution in [2.24, 2.45) is 0 Å². The van der Waals surface area contributed by atoms with Gasteiger partial charge < -0.3 is 13.5 Å². The first-order valence-electron chi connectivity index (χ1n) is 3.55. The molecule has 13 heavy (non-hydrogen) atoms. The maximum Gasteiger partial charge on any atom is 0.207 e. The normalized spacial score (nSPS) is 9.31. The number of carbonyl (C=O) groups is 1. The van der Waals surface area contributed by atoms with Crippen LogP contribution in [-0.2, 0) is 11.3 Å². The molecule has 0 aromatic heterocycles. The Labute approximate surface area is 89.6 Å². The van der Waals surface area contributed by atoms with Crippen molar-refractivity contribution in [1.82, 2.24) is 5.32 Å². The number of rotatable bonds is 4. The predicted molar refractivity (Wildman–Crippen MR) is 55.7 cm³/mol. The topological polar surface area (TPSA) is 58.6 Å². The molecular weight excluding hydrogens is 285 g/mol. The number of benzene rings is 1. The molecule has 0 saturated heterocycles. The van der Waals surface area contributed by atoms with Crippen molar-refractivity contribution in [2.75, 3.05) is 0 Å². The monoisotopic (exact) mass is 293 g/mol. The molecule has 0 saturated carbocycles. The molecule has 1 aromatic carbocycles. The summed E-state index contributed by atoms with van der Waals surface area (Å²) >= 11 is 1.68. The molecule has 1 amide bonds. The molecule has 0 aliphatic heterocycles. The fourth-order valence-corrected chi connectivity index (χ4v) is 1.24. The lowest BCUT2D eigenvalue weighted by Crippen LogP contribution is -2.09. The van der Waals surface area contributed by atoms with Gasteiger partial charge in [0.2, 0.25) is 6.41 Å². The SMILES string of the molecule is O=CNCc1ccc(O)c(OI)c1. The van der Waals surface area contributed by atoms with Gasteiger partial charge in [-0.3, -0.25) is 4.79 Å². The Morgan fingerprint density at radius 2 is 2.38 bits per heavy atom. The minimum atomic E-state index is 0.0873. The van der Waals surface area contributed by atoms with Gasteiger partial charge in [-0.25, -0.2) is 0 Å². The second-order valence-electron chi connectivity index (χ2n) is 2.38. The van der Waals surface area contributed by atoms with Crippen LogP contribution < -0.4 is 8.38 Å². The van der Waals surface area contributed by atoms with Crippen LogP contribution in [0.2, 0.25) is 0 Å². The molecule has 70 valence electrons. The molecule has 1 rings (SSSR count). The van der Waals surface area contributed by atoms with E-state index >= 15 is 0 Å². The Morgan fingerprint density at radius 1 is 1.62 bits per heavy atom. The van der Waals surface area contributed by atoms with E-state index in [0.717, 1.165) is 5.56 Å². The van der Waals surface area contributed by atoms with Crippen molar-refractivity contribution in [3.8, 4) is 11.5 Å². The average molecular weight is 293 g/mol. The summed E-state index contributed by atoms with van der Waals surface area (Å²) in [5.41, 5.74) is 0.872. The van der Waals surface area contributed by atoms with Crippen molar-refractivity contribution in [1.29, 1.82) is 0 Å². The largest absolute Gasteiger partial charge is 0.504 e. The van der Waals surface area contributed by atoms with Gasteiger partial charge in [-0.05, 0) is 17.7 Å². The third-order valence-corrected chi connectivity index (χ3v) is 1.97. The molecule has 0 fully saturated rings. The maximum absolute atomic E-state index is 10.0. The Balaban J connectivity index is 2.79. The van der Waals surface area contributed by atoms with Crippen LogP contribution in [0, 0.1) is 0 Å². The Kier molecular flexibility index (Phi) is 3.81. The van der Waals surface area contributed by atoms with Gasteiger partial charge in [-0.2, -0.15) is 0 Å². The van der Waals surface area contributed by atoms with E-state index < -0.39 is 0 Å². The van der Waals surface area contributed by atoms with E-state index in [1.165, 1.54) is 6.07 Å². The Bertz CT molecular complexity index is 303. The molecule has 0 atom stereocenters. The lowest BCUT2D eigenvalue weighted by molar-refractivity contribution is -0.109. The van der Waals surface area contributed by atoms with Crippen molar-refractivity contribution >= 4 is 29.4 Å². The molecule has 0 radical (unpaired) electrons. The molecule has 0 unspecified atom stereocenters. The maximum atomic E-state index is 10.0. The number of phenols is 1. The highest BCUT2D eigenvalue weighted by molar-refractivity contribution is 14.1. The van der Waals surface area contributed by atoms with Crippen molar-refractivity contribution in [3.63, 3.8) is 0 Å². The summed E-state index contributed by atoms with van der Waals surface area (Å²) in [6.45, 7) is 0.427. The lowest BCUT2D eigenvalue weighted by atomic mass is 10.2. The van der Waals surface area contributed by atoms with Crippen LogP contribution in [0.25, 0.3) is 0 Å².